The van der Waals surface area contributed by atoms with Crippen LogP contribution in [0.2, 0.25) is 0 Å². The van der Waals surface area contributed by atoms with Gasteiger partial charge in [0.1, 0.15) is 5.82 Å². The number of pyridine rings is 1. The number of benzene rings is 1. The third-order valence-electron chi connectivity index (χ3n) is 3.70. The quantitative estimate of drug-likeness (QED) is 0.828. The monoisotopic (exact) mass is 290 g/mol. The summed E-state index contributed by atoms with van der Waals surface area (Å²) in [7, 11) is 0. The van der Waals surface area contributed by atoms with Crippen LogP contribution in [0.1, 0.15) is 13.8 Å². The van der Waals surface area contributed by atoms with E-state index in [0.717, 1.165) is 30.0 Å². The molecule has 4 N–H and O–H groups in total. The summed E-state index contributed by atoms with van der Waals surface area (Å²) in [4.78, 5) is 14.5. The van der Waals surface area contributed by atoms with Gasteiger partial charge in [0.2, 0.25) is 0 Å². The van der Waals surface area contributed by atoms with Crippen molar-refractivity contribution in [2.24, 2.45) is 0 Å². The predicted octanol–water partition coefficient (Wildman–Crippen LogP) is 1.09. The van der Waals surface area contributed by atoms with E-state index in [4.69, 9.17) is 0 Å². The summed E-state index contributed by atoms with van der Waals surface area (Å²) in [5.41, 5.74) is 2.20. The van der Waals surface area contributed by atoms with Crippen LogP contribution in [0.5, 0.6) is 0 Å². The molecule has 0 atom stereocenters. The highest BCUT2D eigenvalue weighted by Crippen LogP contribution is 2.27. The first kappa shape index (κ1) is 16.9. The maximum absolute atomic E-state index is 12.2. The first-order chi connectivity index (χ1) is 9.16. The number of aromatic nitrogens is 1. The second-order valence-electron chi connectivity index (χ2n) is 5.25. The zero-order valence-corrected chi connectivity index (χ0v) is 12.3. The predicted molar refractivity (Wildman–Crippen MR) is 85.8 cm³/mol. The van der Waals surface area contributed by atoms with E-state index in [0.29, 0.717) is 6.04 Å². The van der Waals surface area contributed by atoms with Gasteiger partial charge in [0, 0.05) is 25.2 Å². The average molecular weight is 290 g/mol. The highest BCUT2D eigenvalue weighted by Gasteiger charge is 2.22. The number of nitrogens with zero attached hydrogens (tertiary/aromatic N) is 2. The summed E-state index contributed by atoms with van der Waals surface area (Å²) in [6, 6.07) is 14.4. The maximum Gasteiger partial charge on any atom is 0.252 e. The Morgan fingerprint density at radius 2 is 1.62 bits per heavy atom. The lowest BCUT2D eigenvalue weighted by Crippen LogP contribution is -2.28. The minimum absolute atomic E-state index is 0. The van der Waals surface area contributed by atoms with Crippen molar-refractivity contribution in [2.75, 3.05) is 11.4 Å². The van der Waals surface area contributed by atoms with E-state index >= 15 is 0 Å². The van der Waals surface area contributed by atoms with Crippen molar-refractivity contribution in [3.63, 3.8) is 0 Å². The van der Waals surface area contributed by atoms with Crippen LogP contribution in [0.25, 0.3) is 11.1 Å². The molecule has 5 nitrogen and oxygen atoms in total. The van der Waals surface area contributed by atoms with Crippen molar-refractivity contribution in [3.8, 4) is 11.1 Å². The molecule has 0 saturated carbocycles. The van der Waals surface area contributed by atoms with Crippen LogP contribution in [-0.2, 0) is 6.54 Å². The van der Waals surface area contributed by atoms with Gasteiger partial charge in [-0.1, -0.05) is 30.3 Å². The van der Waals surface area contributed by atoms with Crippen LogP contribution in [0, 0.1) is 0 Å². The third-order valence-corrected chi connectivity index (χ3v) is 3.70. The number of anilines is 1. The minimum atomic E-state index is 0. The summed E-state index contributed by atoms with van der Waals surface area (Å²) in [6.45, 7) is 6.04. The van der Waals surface area contributed by atoms with Gasteiger partial charge in [0.25, 0.3) is 5.56 Å². The molecular formula is C16H22N2O3. The van der Waals surface area contributed by atoms with Crippen molar-refractivity contribution in [1.29, 1.82) is 0 Å². The molecule has 21 heavy (non-hydrogen) atoms. The molecule has 0 radical (unpaired) electrons. The van der Waals surface area contributed by atoms with E-state index < -0.39 is 0 Å². The summed E-state index contributed by atoms with van der Waals surface area (Å²) in [5.74, 6) is 1.04. The van der Waals surface area contributed by atoms with Crippen LogP contribution in [0.4, 0.5) is 5.82 Å². The Balaban J connectivity index is 0.00000110. The lowest BCUT2D eigenvalue weighted by molar-refractivity contribution is 0.696. The molecule has 0 aliphatic carbocycles. The van der Waals surface area contributed by atoms with E-state index in [9.17, 15) is 4.79 Å². The van der Waals surface area contributed by atoms with E-state index in [2.05, 4.69) is 24.8 Å². The summed E-state index contributed by atoms with van der Waals surface area (Å²) >= 11 is 0. The van der Waals surface area contributed by atoms with Gasteiger partial charge in [-0.25, -0.2) is 0 Å². The first-order valence-electron chi connectivity index (χ1n) is 6.74. The number of rotatable bonds is 2. The van der Waals surface area contributed by atoms with Crippen molar-refractivity contribution in [1.82, 2.24) is 4.57 Å². The fraction of sp³-hybridized carbons (Fsp3) is 0.312. The zero-order chi connectivity index (χ0) is 13.4. The Morgan fingerprint density at radius 1 is 0.952 bits per heavy atom. The second kappa shape index (κ2) is 6.56. The first-order valence-corrected chi connectivity index (χ1v) is 6.74. The van der Waals surface area contributed by atoms with Gasteiger partial charge < -0.3 is 15.9 Å². The standard InChI is InChI=1S/C16H18N2O.2H2O/c1-12(2)17-8-9-18-15(17)10-14(11-16(18)19)13-6-4-3-5-7-13;;/h3-7,10-12H,8-9H2,1-2H3;2*1H2. The lowest BCUT2D eigenvalue weighted by Gasteiger charge is -2.23. The average Bonchev–Trinajstić information content (AvgIpc) is 2.84. The summed E-state index contributed by atoms with van der Waals surface area (Å²) < 4.78 is 1.87. The molecule has 0 saturated heterocycles. The maximum atomic E-state index is 12.2. The largest absolute Gasteiger partial charge is 0.412 e. The highest BCUT2D eigenvalue weighted by atomic mass is 16.1. The molecule has 0 unspecified atom stereocenters. The number of hydrogen-bond donors (Lipinski definition) is 0. The van der Waals surface area contributed by atoms with E-state index in [-0.39, 0.29) is 16.5 Å². The van der Waals surface area contributed by atoms with Crippen molar-refractivity contribution < 1.29 is 11.0 Å². The van der Waals surface area contributed by atoms with E-state index in [1.165, 1.54) is 0 Å². The normalized spacial score (nSPS) is 12.6. The van der Waals surface area contributed by atoms with Gasteiger partial charge in [-0.05, 0) is 31.0 Å². The Bertz CT molecular complexity index is 650. The Kier molecular flexibility index (Phi) is 5.29. The molecule has 0 amide bonds. The third kappa shape index (κ3) is 2.99. The van der Waals surface area contributed by atoms with Crippen molar-refractivity contribution in [3.05, 3.63) is 52.8 Å². The van der Waals surface area contributed by atoms with Gasteiger partial charge in [-0.3, -0.25) is 9.36 Å². The molecule has 1 aromatic heterocycles. The molecule has 1 aromatic carbocycles. The Labute approximate surface area is 124 Å². The summed E-state index contributed by atoms with van der Waals surface area (Å²) in [5, 5.41) is 0. The van der Waals surface area contributed by atoms with Crippen LogP contribution < -0.4 is 10.5 Å². The molecule has 1 aliphatic rings. The molecule has 114 valence electrons. The zero-order valence-electron chi connectivity index (χ0n) is 12.3. The lowest BCUT2D eigenvalue weighted by atomic mass is 10.1. The fourth-order valence-electron chi connectivity index (χ4n) is 2.69. The Morgan fingerprint density at radius 3 is 2.24 bits per heavy atom. The molecule has 0 spiro atoms. The molecule has 5 heteroatoms. The van der Waals surface area contributed by atoms with Crippen LogP contribution in [0.3, 0.4) is 0 Å². The van der Waals surface area contributed by atoms with Gasteiger partial charge in [0.05, 0.1) is 0 Å². The van der Waals surface area contributed by atoms with Crippen LogP contribution in [0.15, 0.2) is 47.3 Å². The summed E-state index contributed by atoms with van der Waals surface area (Å²) in [6.07, 6.45) is 0. The number of hydrogen-bond acceptors (Lipinski definition) is 2. The van der Waals surface area contributed by atoms with E-state index in [1.807, 2.05) is 34.9 Å². The topological polar surface area (TPSA) is 88.2 Å². The molecule has 0 bridgehead atoms. The minimum Gasteiger partial charge on any atom is -0.412 e. The SMILES string of the molecule is CC(C)N1CCn2c1cc(-c1ccccc1)cc2=O.O.O. The smallest absolute Gasteiger partial charge is 0.252 e. The molecule has 0 fully saturated rings. The molecule has 3 rings (SSSR count). The highest BCUT2D eigenvalue weighted by molar-refractivity contribution is 5.67. The van der Waals surface area contributed by atoms with Crippen molar-refractivity contribution >= 4 is 5.82 Å². The van der Waals surface area contributed by atoms with Gasteiger partial charge in [0.15, 0.2) is 0 Å². The van der Waals surface area contributed by atoms with Gasteiger partial charge in [-0.2, -0.15) is 0 Å². The number of fused-ring (bicyclic) bond motifs is 1. The van der Waals surface area contributed by atoms with Gasteiger partial charge in [-0.15, -0.1) is 0 Å². The Hall–Kier alpha value is -2.11. The molecular weight excluding hydrogens is 268 g/mol. The van der Waals surface area contributed by atoms with Gasteiger partial charge >= 0.3 is 0 Å². The van der Waals surface area contributed by atoms with Crippen LogP contribution >= 0.6 is 0 Å². The molecule has 1 aliphatic heterocycles. The molecule has 2 heterocycles. The van der Waals surface area contributed by atoms with E-state index in [1.54, 1.807) is 6.07 Å². The van der Waals surface area contributed by atoms with Crippen LogP contribution in [-0.4, -0.2) is 28.1 Å². The second-order valence-corrected chi connectivity index (χ2v) is 5.25. The van der Waals surface area contributed by atoms with Crippen molar-refractivity contribution in [2.45, 2.75) is 26.4 Å². The fourth-order valence-corrected chi connectivity index (χ4v) is 2.69. The molecule has 2 aromatic rings.